The van der Waals surface area contributed by atoms with Crippen LogP contribution in [0.25, 0.3) is 0 Å². The van der Waals surface area contributed by atoms with E-state index in [0.717, 1.165) is 22.9 Å². The molecule has 2 heterocycles. The SMILES string of the molecule is O=C(NC(c1ccccc1)c1ccccc1)N1CCC(N2C(=O)CSC2=O)CC1. The minimum atomic E-state index is -0.235. The summed E-state index contributed by atoms with van der Waals surface area (Å²) < 4.78 is 0. The number of carbonyl (C=O) groups excluding carboxylic acids is 3. The normalized spacial score (nSPS) is 17.8. The van der Waals surface area contributed by atoms with Crippen molar-refractivity contribution < 1.29 is 14.4 Å². The highest BCUT2D eigenvalue weighted by molar-refractivity contribution is 8.14. The van der Waals surface area contributed by atoms with Crippen molar-refractivity contribution in [2.24, 2.45) is 0 Å². The lowest BCUT2D eigenvalue weighted by atomic mass is 9.98. The minimum absolute atomic E-state index is 0.104. The van der Waals surface area contributed by atoms with Crippen LogP contribution in [0.2, 0.25) is 0 Å². The van der Waals surface area contributed by atoms with Gasteiger partial charge < -0.3 is 10.2 Å². The molecule has 4 amide bonds. The van der Waals surface area contributed by atoms with Gasteiger partial charge in [-0.2, -0.15) is 0 Å². The number of amides is 4. The van der Waals surface area contributed by atoms with Crippen LogP contribution in [-0.4, -0.2) is 51.9 Å². The third-order valence-electron chi connectivity index (χ3n) is 5.43. The molecule has 0 bridgehead atoms. The van der Waals surface area contributed by atoms with Crippen molar-refractivity contribution in [1.82, 2.24) is 15.1 Å². The summed E-state index contributed by atoms with van der Waals surface area (Å²) in [6.45, 7) is 1.04. The fourth-order valence-corrected chi connectivity index (χ4v) is 4.69. The number of rotatable bonds is 4. The van der Waals surface area contributed by atoms with Crippen molar-refractivity contribution in [1.29, 1.82) is 0 Å². The summed E-state index contributed by atoms with van der Waals surface area (Å²) >= 11 is 1.06. The maximum Gasteiger partial charge on any atom is 0.318 e. The Morgan fingerprint density at radius 2 is 1.48 bits per heavy atom. The molecule has 0 atom stereocenters. The van der Waals surface area contributed by atoms with E-state index < -0.39 is 0 Å². The van der Waals surface area contributed by atoms with Crippen LogP contribution in [0, 0.1) is 0 Å². The van der Waals surface area contributed by atoms with Crippen molar-refractivity contribution in [3.8, 4) is 0 Å². The smallest absolute Gasteiger partial charge is 0.318 e. The Hall–Kier alpha value is -2.80. The Kier molecular flexibility index (Phi) is 5.85. The van der Waals surface area contributed by atoms with E-state index in [1.807, 2.05) is 60.7 Å². The second kappa shape index (κ2) is 8.69. The number of thioether (sulfide) groups is 1. The van der Waals surface area contributed by atoms with E-state index in [0.29, 0.717) is 25.9 Å². The van der Waals surface area contributed by atoms with Crippen LogP contribution in [0.4, 0.5) is 9.59 Å². The van der Waals surface area contributed by atoms with Gasteiger partial charge in [-0.3, -0.25) is 14.5 Å². The lowest BCUT2D eigenvalue weighted by Crippen LogP contribution is -2.51. The molecule has 29 heavy (non-hydrogen) atoms. The summed E-state index contributed by atoms with van der Waals surface area (Å²) in [5.41, 5.74) is 2.04. The van der Waals surface area contributed by atoms with Gasteiger partial charge in [0, 0.05) is 19.1 Å². The van der Waals surface area contributed by atoms with Crippen molar-refractivity contribution >= 4 is 28.9 Å². The number of nitrogens with zero attached hydrogens (tertiary/aromatic N) is 2. The average Bonchev–Trinajstić information content (AvgIpc) is 3.11. The summed E-state index contributed by atoms with van der Waals surface area (Å²) in [6, 6.07) is 19.3. The molecule has 4 rings (SSSR count). The maximum absolute atomic E-state index is 13.0. The van der Waals surface area contributed by atoms with Crippen molar-refractivity contribution in [2.45, 2.75) is 24.9 Å². The highest BCUT2D eigenvalue weighted by Crippen LogP contribution is 2.27. The van der Waals surface area contributed by atoms with E-state index in [9.17, 15) is 14.4 Å². The number of urea groups is 1. The van der Waals surface area contributed by atoms with Crippen molar-refractivity contribution in [3.05, 3.63) is 71.8 Å². The lowest BCUT2D eigenvalue weighted by molar-refractivity contribution is -0.126. The standard InChI is InChI=1S/C22H23N3O3S/c26-19-15-29-22(28)25(19)18-11-13-24(14-12-18)21(27)23-20(16-7-3-1-4-8-16)17-9-5-2-6-10-17/h1-10,18,20H,11-15H2,(H,23,27). The third kappa shape index (κ3) is 4.29. The van der Waals surface area contributed by atoms with Gasteiger partial charge in [-0.15, -0.1) is 0 Å². The molecular weight excluding hydrogens is 386 g/mol. The molecule has 0 aromatic heterocycles. The number of carbonyl (C=O) groups is 3. The first-order valence-electron chi connectivity index (χ1n) is 9.77. The summed E-state index contributed by atoms with van der Waals surface area (Å²) in [5, 5.41) is 3.00. The topological polar surface area (TPSA) is 69.7 Å². The van der Waals surface area contributed by atoms with Gasteiger partial charge in [0.05, 0.1) is 11.8 Å². The average molecular weight is 410 g/mol. The number of imide groups is 1. The fourth-order valence-electron chi connectivity index (χ4n) is 3.91. The van der Waals surface area contributed by atoms with E-state index in [1.54, 1.807) is 4.90 Å². The molecule has 2 aromatic rings. The number of hydrogen-bond acceptors (Lipinski definition) is 4. The fraction of sp³-hybridized carbons (Fsp3) is 0.318. The molecule has 2 fully saturated rings. The minimum Gasteiger partial charge on any atom is -0.327 e. The van der Waals surface area contributed by atoms with Gasteiger partial charge in [-0.05, 0) is 24.0 Å². The van der Waals surface area contributed by atoms with Gasteiger partial charge >= 0.3 is 6.03 Å². The van der Waals surface area contributed by atoms with Crippen LogP contribution < -0.4 is 5.32 Å². The summed E-state index contributed by atoms with van der Waals surface area (Å²) in [5.74, 6) is 0.117. The predicted octanol–water partition coefficient (Wildman–Crippen LogP) is 3.65. The lowest BCUT2D eigenvalue weighted by Gasteiger charge is -2.36. The zero-order valence-electron chi connectivity index (χ0n) is 16.0. The number of benzene rings is 2. The zero-order valence-corrected chi connectivity index (χ0v) is 16.8. The van der Waals surface area contributed by atoms with Gasteiger partial charge in [0.1, 0.15) is 0 Å². The summed E-state index contributed by atoms with van der Waals surface area (Å²) in [4.78, 5) is 40.0. The molecule has 2 aromatic carbocycles. The van der Waals surface area contributed by atoms with E-state index in [-0.39, 0.29) is 35.0 Å². The molecule has 0 unspecified atom stereocenters. The first kappa shape index (κ1) is 19.5. The number of piperidine rings is 1. The molecule has 2 aliphatic heterocycles. The van der Waals surface area contributed by atoms with Crippen LogP contribution in [0.5, 0.6) is 0 Å². The third-order valence-corrected chi connectivity index (χ3v) is 6.27. The molecule has 0 saturated carbocycles. The van der Waals surface area contributed by atoms with Gasteiger partial charge in [0.15, 0.2) is 0 Å². The van der Waals surface area contributed by atoms with Crippen molar-refractivity contribution in [3.63, 3.8) is 0 Å². The van der Waals surface area contributed by atoms with E-state index in [4.69, 9.17) is 0 Å². The predicted molar refractivity (Wildman–Crippen MR) is 113 cm³/mol. The van der Waals surface area contributed by atoms with Crippen LogP contribution in [0.15, 0.2) is 60.7 Å². The molecule has 1 N–H and O–H groups in total. The number of likely N-dealkylation sites (tertiary alicyclic amines) is 1. The second-order valence-electron chi connectivity index (χ2n) is 7.24. The molecular formula is C22H23N3O3S. The Balaban J connectivity index is 1.42. The molecule has 0 spiro atoms. The largest absolute Gasteiger partial charge is 0.327 e. The zero-order chi connectivity index (χ0) is 20.2. The Morgan fingerprint density at radius 3 is 1.97 bits per heavy atom. The molecule has 150 valence electrons. The van der Waals surface area contributed by atoms with Crippen LogP contribution in [0.3, 0.4) is 0 Å². The van der Waals surface area contributed by atoms with E-state index >= 15 is 0 Å². The Bertz CT molecular complexity index is 827. The highest BCUT2D eigenvalue weighted by Gasteiger charge is 2.38. The van der Waals surface area contributed by atoms with E-state index in [2.05, 4.69) is 5.32 Å². The van der Waals surface area contributed by atoms with Crippen LogP contribution in [0.1, 0.15) is 30.0 Å². The monoisotopic (exact) mass is 409 g/mol. The van der Waals surface area contributed by atoms with Crippen LogP contribution in [-0.2, 0) is 4.79 Å². The second-order valence-corrected chi connectivity index (χ2v) is 8.17. The maximum atomic E-state index is 13.0. The van der Waals surface area contributed by atoms with Gasteiger partial charge in [-0.25, -0.2) is 4.79 Å². The molecule has 0 radical (unpaired) electrons. The number of hydrogen-bond donors (Lipinski definition) is 1. The van der Waals surface area contributed by atoms with Gasteiger partial charge in [-0.1, -0.05) is 72.4 Å². The van der Waals surface area contributed by atoms with Gasteiger partial charge in [0.25, 0.3) is 5.24 Å². The molecule has 7 heteroatoms. The van der Waals surface area contributed by atoms with E-state index in [1.165, 1.54) is 4.90 Å². The van der Waals surface area contributed by atoms with Crippen LogP contribution >= 0.6 is 11.8 Å². The molecule has 2 aliphatic rings. The Labute approximate surface area is 174 Å². The first-order valence-corrected chi connectivity index (χ1v) is 10.8. The highest BCUT2D eigenvalue weighted by atomic mass is 32.2. The molecule has 0 aliphatic carbocycles. The summed E-state index contributed by atoms with van der Waals surface area (Å²) in [6.07, 6.45) is 1.24. The number of nitrogens with one attached hydrogen (secondary N) is 1. The van der Waals surface area contributed by atoms with Crippen molar-refractivity contribution in [2.75, 3.05) is 18.8 Å². The summed E-state index contributed by atoms with van der Waals surface area (Å²) in [7, 11) is 0. The molecule has 2 saturated heterocycles. The Morgan fingerprint density at radius 1 is 0.931 bits per heavy atom. The first-order chi connectivity index (χ1) is 14.1. The molecule has 6 nitrogen and oxygen atoms in total. The van der Waals surface area contributed by atoms with Gasteiger partial charge in [0.2, 0.25) is 5.91 Å². The quantitative estimate of drug-likeness (QED) is 0.837.